The van der Waals surface area contributed by atoms with Crippen LogP contribution in [0.3, 0.4) is 0 Å². The standard InChI is InChI=1S/C26H33FN2O3S/c1-3-18(2)29(26(31)19-7-4-5-8-19)16-25(30)28-13-11-24-22(12-14-33-24)23(28)17-32-21-10-6-9-20(27)15-21/h6,9-10,12,14-15,18-19,23H,3-5,7-8,11,13,16-17H2,1-2H3/t18-,23+/m0/s1. The Balaban J connectivity index is 1.51. The van der Waals surface area contributed by atoms with Gasteiger partial charge in [-0.3, -0.25) is 9.59 Å². The first kappa shape index (κ1) is 23.7. The molecule has 33 heavy (non-hydrogen) atoms. The maximum atomic E-state index is 13.6. The fourth-order valence-corrected chi connectivity index (χ4v) is 5.85. The molecule has 2 amide bonds. The molecule has 2 heterocycles. The van der Waals surface area contributed by atoms with Gasteiger partial charge in [-0.1, -0.05) is 25.8 Å². The number of hydrogen-bond donors (Lipinski definition) is 0. The molecule has 1 aliphatic carbocycles. The largest absolute Gasteiger partial charge is 0.491 e. The number of thiophene rings is 1. The summed E-state index contributed by atoms with van der Waals surface area (Å²) in [7, 11) is 0. The molecule has 1 aliphatic heterocycles. The minimum Gasteiger partial charge on any atom is -0.491 e. The smallest absolute Gasteiger partial charge is 0.242 e. The molecular weight excluding hydrogens is 439 g/mol. The number of halogens is 1. The normalized spacial score (nSPS) is 19.2. The van der Waals surface area contributed by atoms with E-state index in [-0.39, 0.29) is 48.8 Å². The molecule has 0 bridgehead atoms. The van der Waals surface area contributed by atoms with Gasteiger partial charge in [-0.25, -0.2) is 4.39 Å². The average molecular weight is 473 g/mol. The quantitative estimate of drug-likeness (QED) is 0.530. The molecule has 1 fully saturated rings. The number of carbonyl (C=O) groups excluding carboxylic acids is 2. The molecule has 2 aromatic rings. The average Bonchev–Trinajstić information content (AvgIpc) is 3.52. The lowest BCUT2D eigenvalue weighted by Gasteiger charge is -2.38. The molecule has 2 atom stereocenters. The number of hydrogen-bond acceptors (Lipinski definition) is 4. The molecule has 2 aliphatic rings. The summed E-state index contributed by atoms with van der Waals surface area (Å²) in [5, 5.41) is 2.04. The van der Waals surface area contributed by atoms with Crippen LogP contribution in [0.1, 0.15) is 62.4 Å². The van der Waals surface area contributed by atoms with Crippen LogP contribution < -0.4 is 4.74 Å². The van der Waals surface area contributed by atoms with Crippen LogP contribution in [0.5, 0.6) is 5.75 Å². The van der Waals surface area contributed by atoms with Crippen LogP contribution in [-0.4, -0.2) is 47.4 Å². The third-order valence-corrected chi connectivity index (χ3v) is 8.03. The van der Waals surface area contributed by atoms with E-state index in [2.05, 4.69) is 13.0 Å². The van der Waals surface area contributed by atoms with Gasteiger partial charge in [0.15, 0.2) is 0 Å². The third kappa shape index (κ3) is 5.40. The van der Waals surface area contributed by atoms with Crippen molar-refractivity contribution in [1.82, 2.24) is 9.80 Å². The van der Waals surface area contributed by atoms with Gasteiger partial charge in [0, 0.05) is 29.4 Å². The highest BCUT2D eigenvalue weighted by molar-refractivity contribution is 7.10. The Morgan fingerprint density at radius 1 is 1.27 bits per heavy atom. The summed E-state index contributed by atoms with van der Waals surface area (Å²) in [4.78, 5) is 31.7. The van der Waals surface area contributed by atoms with Gasteiger partial charge in [0.2, 0.25) is 11.8 Å². The van der Waals surface area contributed by atoms with E-state index in [1.54, 1.807) is 28.4 Å². The molecule has 7 heteroatoms. The second kappa shape index (κ2) is 10.7. The first-order chi connectivity index (χ1) is 16.0. The van der Waals surface area contributed by atoms with Gasteiger partial charge in [0.1, 0.15) is 24.7 Å². The van der Waals surface area contributed by atoms with E-state index in [1.165, 1.54) is 17.0 Å². The Labute approximate surface area is 199 Å². The molecule has 0 unspecified atom stereocenters. The van der Waals surface area contributed by atoms with Gasteiger partial charge in [0.25, 0.3) is 0 Å². The fourth-order valence-electron chi connectivity index (χ4n) is 4.92. The molecular formula is C26H33FN2O3S. The molecule has 0 spiro atoms. The molecule has 5 nitrogen and oxygen atoms in total. The number of amides is 2. The second-order valence-electron chi connectivity index (χ2n) is 9.13. The van der Waals surface area contributed by atoms with Gasteiger partial charge in [0.05, 0.1) is 6.04 Å². The molecule has 178 valence electrons. The fraction of sp³-hybridized carbons (Fsp3) is 0.538. The van der Waals surface area contributed by atoms with E-state index in [0.29, 0.717) is 12.3 Å². The number of carbonyl (C=O) groups is 2. The molecule has 1 saturated carbocycles. The minimum atomic E-state index is -0.352. The Kier molecular flexibility index (Phi) is 7.68. The highest BCUT2D eigenvalue weighted by Gasteiger charge is 2.36. The lowest BCUT2D eigenvalue weighted by atomic mass is 10.00. The molecule has 0 saturated heterocycles. The predicted molar refractivity (Wildman–Crippen MR) is 128 cm³/mol. The van der Waals surface area contributed by atoms with Crippen molar-refractivity contribution >= 4 is 23.2 Å². The summed E-state index contributed by atoms with van der Waals surface area (Å²) in [6.45, 7) is 5.02. The van der Waals surface area contributed by atoms with E-state index in [1.807, 2.05) is 17.2 Å². The van der Waals surface area contributed by atoms with Crippen molar-refractivity contribution in [2.24, 2.45) is 5.92 Å². The van der Waals surface area contributed by atoms with E-state index in [4.69, 9.17) is 4.74 Å². The zero-order valence-electron chi connectivity index (χ0n) is 19.5. The first-order valence-electron chi connectivity index (χ1n) is 12.0. The Morgan fingerprint density at radius 3 is 2.79 bits per heavy atom. The topological polar surface area (TPSA) is 49.9 Å². The van der Waals surface area contributed by atoms with Gasteiger partial charge >= 0.3 is 0 Å². The lowest BCUT2D eigenvalue weighted by Crippen LogP contribution is -2.51. The summed E-state index contributed by atoms with van der Waals surface area (Å²) in [6.07, 6.45) is 5.64. The van der Waals surface area contributed by atoms with Crippen molar-refractivity contribution in [1.29, 1.82) is 0 Å². The van der Waals surface area contributed by atoms with E-state index in [0.717, 1.165) is 44.1 Å². The van der Waals surface area contributed by atoms with Crippen molar-refractivity contribution in [3.8, 4) is 5.75 Å². The SMILES string of the molecule is CC[C@H](C)N(CC(=O)N1CCc2sccc2[C@H]1COc1cccc(F)c1)C(=O)C1CCCC1. The zero-order valence-corrected chi connectivity index (χ0v) is 20.3. The Bertz CT molecular complexity index is 972. The van der Waals surface area contributed by atoms with Gasteiger partial charge in [-0.2, -0.15) is 0 Å². The predicted octanol–water partition coefficient (Wildman–Crippen LogP) is 5.21. The molecule has 0 N–H and O–H groups in total. The summed E-state index contributed by atoms with van der Waals surface area (Å²) in [5.74, 6) is 0.211. The molecule has 1 aromatic carbocycles. The Hall–Kier alpha value is -2.41. The van der Waals surface area contributed by atoms with Crippen LogP contribution >= 0.6 is 11.3 Å². The van der Waals surface area contributed by atoms with Crippen molar-refractivity contribution in [2.75, 3.05) is 19.7 Å². The highest BCUT2D eigenvalue weighted by atomic mass is 32.1. The van der Waals surface area contributed by atoms with Crippen LogP contribution in [0.15, 0.2) is 35.7 Å². The maximum Gasteiger partial charge on any atom is 0.242 e. The number of ether oxygens (including phenoxy) is 1. The van der Waals surface area contributed by atoms with Gasteiger partial charge < -0.3 is 14.5 Å². The first-order valence-corrected chi connectivity index (χ1v) is 12.9. The van der Waals surface area contributed by atoms with Gasteiger partial charge in [-0.05, 0) is 61.7 Å². The second-order valence-corrected chi connectivity index (χ2v) is 10.1. The van der Waals surface area contributed by atoms with Crippen LogP contribution in [0.25, 0.3) is 0 Å². The number of nitrogens with zero attached hydrogens (tertiary/aromatic N) is 2. The number of benzene rings is 1. The highest BCUT2D eigenvalue weighted by Crippen LogP contribution is 2.34. The Morgan fingerprint density at radius 2 is 2.06 bits per heavy atom. The summed E-state index contributed by atoms with van der Waals surface area (Å²) < 4.78 is 19.5. The molecule has 1 aromatic heterocycles. The number of rotatable bonds is 8. The van der Waals surface area contributed by atoms with Crippen molar-refractivity contribution in [3.05, 3.63) is 52.0 Å². The zero-order chi connectivity index (χ0) is 23.4. The van der Waals surface area contributed by atoms with E-state index < -0.39 is 0 Å². The summed E-state index contributed by atoms with van der Waals surface area (Å²) in [5.41, 5.74) is 1.09. The van der Waals surface area contributed by atoms with Crippen molar-refractivity contribution < 1.29 is 18.7 Å². The van der Waals surface area contributed by atoms with Gasteiger partial charge in [-0.15, -0.1) is 11.3 Å². The van der Waals surface area contributed by atoms with E-state index >= 15 is 0 Å². The van der Waals surface area contributed by atoms with Crippen LogP contribution in [0, 0.1) is 11.7 Å². The summed E-state index contributed by atoms with van der Waals surface area (Å²) >= 11 is 1.69. The third-order valence-electron chi connectivity index (χ3n) is 7.04. The van der Waals surface area contributed by atoms with E-state index in [9.17, 15) is 14.0 Å². The summed E-state index contributed by atoms with van der Waals surface area (Å²) in [6, 6.07) is 7.89. The van der Waals surface area contributed by atoms with Crippen LogP contribution in [0.4, 0.5) is 4.39 Å². The van der Waals surface area contributed by atoms with Crippen molar-refractivity contribution in [2.45, 2.75) is 64.5 Å². The van der Waals surface area contributed by atoms with Crippen LogP contribution in [0.2, 0.25) is 0 Å². The minimum absolute atomic E-state index is 0.0190. The maximum absolute atomic E-state index is 13.6. The molecule has 0 radical (unpaired) electrons. The lowest BCUT2D eigenvalue weighted by molar-refractivity contribution is -0.146. The van der Waals surface area contributed by atoms with Crippen molar-refractivity contribution in [3.63, 3.8) is 0 Å². The van der Waals surface area contributed by atoms with Crippen LogP contribution in [-0.2, 0) is 16.0 Å². The molecule has 4 rings (SSSR count). The monoisotopic (exact) mass is 472 g/mol. The number of fused-ring (bicyclic) bond motifs is 1.